The second-order valence-corrected chi connectivity index (χ2v) is 6.77. The van der Waals surface area contributed by atoms with E-state index < -0.39 is 5.97 Å². The second-order valence-electron chi connectivity index (χ2n) is 5.90. The molecule has 0 bridgehead atoms. The molecule has 0 aliphatic heterocycles. The minimum atomic E-state index is -0.392. The summed E-state index contributed by atoms with van der Waals surface area (Å²) in [5, 5.41) is 5.37. The number of imidazole rings is 1. The summed E-state index contributed by atoms with van der Waals surface area (Å²) in [5.41, 5.74) is 3.32. The van der Waals surface area contributed by atoms with Gasteiger partial charge in [0.2, 0.25) is 0 Å². The van der Waals surface area contributed by atoms with Crippen molar-refractivity contribution >= 4 is 34.8 Å². The molecule has 0 atom stereocenters. The zero-order valence-corrected chi connectivity index (χ0v) is 15.6. The Morgan fingerprint density at radius 3 is 2.52 bits per heavy atom. The molecule has 2 heterocycles. The van der Waals surface area contributed by atoms with Gasteiger partial charge in [0.15, 0.2) is 5.65 Å². The smallest absolute Gasteiger partial charge is 0.340 e. The molecule has 0 radical (unpaired) electrons. The number of benzene rings is 1. The van der Waals surface area contributed by atoms with Crippen molar-refractivity contribution in [3.05, 3.63) is 51.8 Å². The van der Waals surface area contributed by atoms with E-state index in [2.05, 4.69) is 10.1 Å². The van der Waals surface area contributed by atoms with Crippen LogP contribution in [-0.2, 0) is 4.74 Å². The van der Waals surface area contributed by atoms with Crippen LogP contribution in [0, 0.1) is 0 Å². The van der Waals surface area contributed by atoms with Gasteiger partial charge in [-0.3, -0.25) is 0 Å². The predicted molar refractivity (Wildman–Crippen MR) is 98.5 cm³/mol. The van der Waals surface area contributed by atoms with Gasteiger partial charge in [0.05, 0.1) is 30.3 Å². The average molecular weight is 378 g/mol. The molecular formula is C18H17Cl2N3O2. The Labute approximate surface area is 155 Å². The molecule has 7 heteroatoms. The molecule has 1 aromatic carbocycles. The maximum atomic E-state index is 12.2. The highest BCUT2D eigenvalue weighted by atomic mass is 35.5. The fourth-order valence-corrected chi connectivity index (χ4v) is 3.26. The normalized spacial score (nSPS) is 11.3. The molecule has 0 aliphatic rings. The summed E-state index contributed by atoms with van der Waals surface area (Å²) < 4.78 is 6.79. The zero-order chi connectivity index (χ0) is 18.1. The fourth-order valence-electron chi connectivity index (χ4n) is 2.73. The fraction of sp³-hybridized carbons (Fsp3) is 0.278. The van der Waals surface area contributed by atoms with Crippen LogP contribution in [0.3, 0.4) is 0 Å². The quantitative estimate of drug-likeness (QED) is 0.600. The van der Waals surface area contributed by atoms with E-state index >= 15 is 0 Å². The lowest BCUT2D eigenvalue weighted by Crippen LogP contribution is -2.12. The molecule has 2 aromatic heterocycles. The zero-order valence-electron chi connectivity index (χ0n) is 14.1. The highest BCUT2D eigenvalue weighted by molar-refractivity contribution is 6.35. The molecule has 25 heavy (non-hydrogen) atoms. The molecule has 0 saturated heterocycles. The predicted octanol–water partition coefficient (Wildman–Crippen LogP) is 5.00. The molecule has 5 nitrogen and oxygen atoms in total. The molecule has 130 valence electrons. The molecule has 3 rings (SSSR count). The van der Waals surface area contributed by atoms with Gasteiger partial charge in [-0.1, -0.05) is 37.0 Å². The number of hydrogen-bond acceptors (Lipinski definition) is 4. The molecule has 0 N–H and O–H groups in total. The van der Waals surface area contributed by atoms with Crippen molar-refractivity contribution in [3.8, 4) is 11.3 Å². The van der Waals surface area contributed by atoms with Crippen LogP contribution in [0.5, 0.6) is 0 Å². The summed E-state index contributed by atoms with van der Waals surface area (Å²) in [6.07, 6.45) is 3.31. The molecular weight excluding hydrogens is 361 g/mol. The van der Waals surface area contributed by atoms with Crippen LogP contribution < -0.4 is 0 Å². The molecule has 0 fully saturated rings. The van der Waals surface area contributed by atoms with Crippen molar-refractivity contribution < 1.29 is 9.53 Å². The molecule has 0 aliphatic carbocycles. The monoisotopic (exact) mass is 377 g/mol. The number of rotatable bonds is 4. The molecule has 0 amide bonds. The van der Waals surface area contributed by atoms with Crippen LogP contribution in [-0.4, -0.2) is 27.2 Å². The summed E-state index contributed by atoms with van der Waals surface area (Å²) in [7, 11) is 0. The Morgan fingerprint density at radius 2 is 1.92 bits per heavy atom. The first-order chi connectivity index (χ1) is 11.9. The van der Waals surface area contributed by atoms with Gasteiger partial charge >= 0.3 is 5.97 Å². The van der Waals surface area contributed by atoms with Crippen molar-refractivity contribution in [1.29, 1.82) is 0 Å². The number of esters is 1. The first kappa shape index (κ1) is 17.7. The van der Waals surface area contributed by atoms with Gasteiger partial charge in [-0.2, -0.15) is 5.10 Å². The Bertz CT molecular complexity index is 931. The van der Waals surface area contributed by atoms with Gasteiger partial charge < -0.3 is 4.74 Å². The minimum absolute atomic E-state index is 0.0723. The number of fused-ring (bicyclic) bond motifs is 1. The summed E-state index contributed by atoms with van der Waals surface area (Å²) in [4.78, 5) is 16.9. The number of carbonyl (C=O) groups excluding carboxylic acids is 1. The van der Waals surface area contributed by atoms with Gasteiger partial charge in [-0.05, 0) is 31.0 Å². The molecule has 0 unspecified atom stereocenters. The van der Waals surface area contributed by atoms with Crippen molar-refractivity contribution in [2.24, 2.45) is 0 Å². The lowest BCUT2D eigenvalue weighted by molar-refractivity contribution is 0.0524. The summed E-state index contributed by atoms with van der Waals surface area (Å²) in [6, 6.07) is 5.24. The number of nitrogens with zero attached hydrogens (tertiary/aromatic N) is 3. The van der Waals surface area contributed by atoms with Crippen LogP contribution in [0.15, 0.2) is 30.6 Å². The maximum Gasteiger partial charge on any atom is 0.340 e. The van der Waals surface area contributed by atoms with Crippen LogP contribution in [0.1, 0.15) is 42.6 Å². The SMILES string of the molecule is CCOC(=O)c1cnn2cc(-c3cc(Cl)cc(Cl)c3)nc2c1C(C)C. The van der Waals surface area contributed by atoms with Crippen molar-refractivity contribution in [3.63, 3.8) is 0 Å². The van der Waals surface area contributed by atoms with E-state index in [1.807, 2.05) is 13.8 Å². The van der Waals surface area contributed by atoms with E-state index in [1.165, 1.54) is 6.20 Å². The first-order valence-corrected chi connectivity index (χ1v) is 8.68. The summed E-state index contributed by atoms with van der Waals surface area (Å²) in [6.45, 7) is 6.09. The van der Waals surface area contributed by atoms with Crippen molar-refractivity contribution in [1.82, 2.24) is 14.6 Å². The minimum Gasteiger partial charge on any atom is -0.462 e. The van der Waals surface area contributed by atoms with Gasteiger partial charge in [0, 0.05) is 21.2 Å². The Morgan fingerprint density at radius 1 is 1.24 bits per heavy atom. The lowest BCUT2D eigenvalue weighted by Gasteiger charge is -2.12. The second kappa shape index (κ2) is 7.02. The molecule has 0 saturated carbocycles. The van der Waals surface area contributed by atoms with Crippen molar-refractivity contribution in [2.45, 2.75) is 26.7 Å². The van der Waals surface area contributed by atoms with Crippen LogP contribution in [0.4, 0.5) is 0 Å². The molecule has 0 spiro atoms. The average Bonchev–Trinajstić information content (AvgIpc) is 2.97. The maximum absolute atomic E-state index is 12.2. The van der Waals surface area contributed by atoms with E-state index in [-0.39, 0.29) is 5.92 Å². The Hall–Kier alpha value is -2.11. The Kier molecular flexibility index (Phi) is 4.97. The van der Waals surface area contributed by atoms with E-state index in [4.69, 9.17) is 27.9 Å². The number of halogens is 2. The van der Waals surface area contributed by atoms with E-state index in [0.29, 0.717) is 33.6 Å². The third-order valence-electron chi connectivity index (χ3n) is 3.76. The van der Waals surface area contributed by atoms with E-state index in [9.17, 15) is 4.79 Å². The molecule has 3 aromatic rings. The highest BCUT2D eigenvalue weighted by Gasteiger charge is 2.21. The standard InChI is InChI=1S/C18H17Cl2N3O2/c1-4-25-18(24)14-8-21-23-9-15(22-17(23)16(14)10(2)3)11-5-12(19)7-13(20)6-11/h5-10H,4H2,1-3H3. The van der Waals surface area contributed by atoms with Gasteiger partial charge in [0.25, 0.3) is 0 Å². The lowest BCUT2D eigenvalue weighted by atomic mass is 10.00. The van der Waals surface area contributed by atoms with E-state index in [1.54, 1.807) is 35.8 Å². The van der Waals surface area contributed by atoms with Crippen molar-refractivity contribution in [2.75, 3.05) is 6.61 Å². The number of ether oxygens (including phenoxy) is 1. The van der Waals surface area contributed by atoms with Crippen LogP contribution in [0.2, 0.25) is 10.0 Å². The number of hydrogen-bond donors (Lipinski definition) is 0. The largest absolute Gasteiger partial charge is 0.462 e. The first-order valence-electron chi connectivity index (χ1n) is 7.92. The number of aromatic nitrogens is 3. The van der Waals surface area contributed by atoms with Gasteiger partial charge in [-0.25, -0.2) is 14.3 Å². The highest BCUT2D eigenvalue weighted by Crippen LogP contribution is 2.30. The van der Waals surface area contributed by atoms with Gasteiger partial charge in [-0.15, -0.1) is 0 Å². The van der Waals surface area contributed by atoms with Crippen LogP contribution >= 0.6 is 23.2 Å². The third-order valence-corrected chi connectivity index (χ3v) is 4.20. The van der Waals surface area contributed by atoms with Gasteiger partial charge in [0.1, 0.15) is 0 Å². The Balaban J connectivity index is 2.20. The summed E-state index contributed by atoms with van der Waals surface area (Å²) in [5.74, 6) is -0.320. The summed E-state index contributed by atoms with van der Waals surface area (Å²) >= 11 is 12.2. The van der Waals surface area contributed by atoms with E-state index in [0.717, 1.165) is 11.1 Å². The number of carbonyl (C=O) groups is 1. The topological polar surface area (TPSA) is 56.5 Å². The third kappa shape index (κ3) is 3.48. The van der Waals surface area contributed by atoms with Crippen LogP contribution in [0.25, 0.3) is 16.9 Å².